The molecule has 0 spiro atoms. The highest BCUT2D eigenvalue weighted by Crippen LogP contribution is 2.18. The third-order valence-corrected chi connectivity index (χ3v) is 3.90. The summed E-state index contributed by atoms with van der Waals surface area (Å²) in [5.74, 6) is -0.150. The summed E-state index contributed by atoms with van der Waals surface area (Å²) in [4.78, 5) is 35.5. The van der Waals surface area contributed by atoms with Crippen LogP contribution in [0.4, 0.5) is 5.69 Å². The van der Waals surface area contributed by atoms with E-state index in [1.165, 1.54) is 6.92 Å². The average Bonchev–Trinajstić information content (AvgIpc) is 2.72. The van der Waals surface area contributed by atoms with E-state index in [1.807, 2.05) is 18.2 Å². The predicted molar refractivity (Wildman–Crippen MR) is 108 cm³/mol. The normalized spacial score (nSPS) is 10.1. The number of rotatable bonds is 7. The van der Waals surface area contributed by atoms with E-state index in [0.29, 0.717) is 28.3 Å². The molecule has 0 aliphatic rings. The Kier molecular flexibility index (Phi) is 6.37. The molecule has 0 aliphatic heterocycles. The summed E-state index contributed by atoms with van der Waals surface area (Å²) in [6, 6.07) is 22.0. The minimum atomic E-state index is -0.589. The van der Waals surface area contributed by atoms with E-state index < -0.39 is 5.97 Å². The molecule has 0 heterocycles. The van der Waals surface area contributed by atoms with E-state index in [0.717, 1.165) is 0 Å². The Morgan fingerprint density at radius 1 is 0.793 bits per heavy atom. The second-order valence-corrected chi connectivity index (χ2v) is 6.19. The highest BCUT2D eigenvalue weighted by molar-refractivity contribution is 6.09. The van der Waals surface area contributed by atoms with Crippen molar-refractivity contribution in [3.63, 3.8) is 0 Å². The molecule has 0 bridgehead atoms. The second-order valence-electron chi connectivity index (χ2n) is 6.19. The summed E-state index contributed by atoms with van der Waals surface area (Å²) < 4.78 is 10.6. The summed E-state index contributed by atoms with van der Waals surface area (Å²) in [5, 5.41) is 2.61. The number of nitrogens with one attached hydrogen (secondary N) is 1. The van der Waals surface area contributed by atoms with Crippen LogP contribution in [0.3, 0.4) is 0 Å². The Hall–Kier alpha value is -3.93. The molecule has 0 aromatic heterocycles. The molecule has 1 amide bonds. The number of benzene rings is 3. The average molecular weight is 389 g/mol. The van der Waals surface area contributed by atoms with Crippen LogP contribution in [0.15, 0.2) is 78.9 Å². The first kappa shape index (κ1) is 19.8. The van der Waals surface area contributed by atoms with Crippen molar-refractivity contribution in [1.29, 1.82) is 0 Å². The van der Waals surface area contributed by atoms with E-state index in [-0.39, 0.29) is 18.3 Å². The van der Waals surface area contributed by atoms with Crippen LogP contribution in [0.2, 0.25) is 0 Å². The summed E-state index contributed by atoms with van der Waals surface area (Å²) in [7, 11) is 0. The number of carbonyl (C=O) groups is 3. The Morgan fingerprint density at radius 3 is 2.17 bits per heavy atom. The van der Waals surface area contributed by atoms with Gasteiger partial charge in [-0.2, -0.15) is 0 Å². The first-order valence-electron chi connectivity index (χ1n) is 8.92. The first-order valence-corrected chi connectivity index (χ1v) is 8.92. The van der Waals surface area contributed by atoms with Gasteiger partial charge in [0.05, 0.1) is 0 Å². The van der Waals surface area contributed by atoms with Crippen LogP contribution in [0.5, 0.6) is 11.5 Å². The molecule has 0 fully saturated rings. The van der Waals surface area contributed by atoms with Crippen LogP contribution < -0.4 is 14.8 Å². The Morgan fingerprint density at radius 2 is 1.48 bits per heavy atom. The van der Waals surface area contributed by atoms with Crippen molar-refractivity contribution in [2.75, 3.05) is 11.9 Å². The lowest BCUT2D eigenvalue weighted by atomic mass is 10.0. The zero-order valence-electron chi connectivity index (χ0n) is 15.8. The van der Waals surface area contributed by atoms with Gasteiger partial charge in [0.15, 0.2) is 12.4 Å². The number of ether oxygens (including phenoxy) is 2. The maximum absolute atomic E-state index is 12.4. The molecule has 1 N–H and O–H groups in total. The lowest BCUT2D eigenvalue weighted by Crippen LogP contribution is -2.18. The molecule has 0 atom stereocenters. The molecule has 3 aromatic carbocycles. The third kappa shape index (κ3) is 5.77. The highest BCUT2D eigenvalue weighted by atomic mass is 16.6. The van der Waals surface area contributed by atoms with E-state index >= 15 is 0 Å². The van der Waals surface area contributed by atoms with Crippen LogP contribution in [-0.4, -0.2) is 24.3 Å². The van der Waals surface area contributed by atoms with Crippen LogP contribution in [0.25, 0.3) is 0 Å². The molecule has 3 rings (SSSR count). The standard InChI is InChI=1S/C23H19NO5/c1-16(25)24-19-8-5-9-21(14-19)29-22(26)15-28-20-12-10-18(11-13-20)23(27)17-6-3-2-4-7-17/h2-14H,15H2,1H3,(H,24,25). The van der Waals surface area contributed by atoms with Crippen molar-refractivity contribution in [3.8, 4) is 11.5 Å². The van der Waals surface area contributed by atoms with Gasteiger partial charge in [-0.15, -0.1) is 0 Å². The number of esters is 1. The molecule has 0 radical (unpaired) electrons. The lowest BCUT2D eigenvalue weighted by Gasteiger charge is -2.09. The van der Waals surface area contributed by atoms with Crippen molar-refractivity contribution >= 4 is 23.3 Å². The minimum absolute atomic E-state index is 0.0874. The predicted octanol–water partition coefficient (Wildman–Crippen LogP) is 3.86. The van der Waals surface area contributed by atoms with E-state index in [1.54, 1.807) is 60.7 Å². The van der Waals surface area contributed by atoms with Crippen molar-refractivity contribution in [2.45, 2.75) is 6.92 Å². The molecule has 6 nitrogen and oxygen atoms in total. The van der Waals surface area contributed by atoms with Gasteiger partial charge in [0, 0.05) is 29.8 Å². The van der Waals surface area contributed by atoms with Gasteiger partial charge in [0.2, 0.25) is 5.91 Å². The van der Waals surface area contributed by atoms with Crippen molar-refractivity contribution in [2.24, 2.45) is 0 Å². The highest BCUT2D eigenvalue weighted by Gasteiger charge is 2.10. The summed E-state index contributed by atoms with van der Waals surface area (Å²) in [6.45, 7) is 1.10. The van der Waals surface area contributed by atoms with Gasteiger partial charge in [-0.25, -0.2) is 4.79 Å². The Balaban J connectivity index is 1.54. The van der Waals surface area contributed by atoms with Crippen LogP contribution >= 0.6 is 0 Å². The number of hydrogen-bond donors (Lipinski definition) is 1. The Labute approximate surface area is 168 Å². The topological polar surface area (TPSA) is 81.7 Å². The van der Waals surface area contributed by atoms with Crippen molar-refractivity contribution in [3.05, 3.63) is 90.0 Å². The fraction of sp³-hybridized carbons (Fsp3) is 0.0870. The van der Waals surface area contributed by atoms with Gasteiger partial charge in [-0.1, -0.05) is 36.4 Å². The maximum atomic E-state index is 12.4. The lowest BCUT2D eigenvalue weighted by molar-refractivity contribution is -0.136. The van der Waals surface area contributed by atoms with E-state index in [9.17, 15) is 14.4 Å². The molecule has 6 heteroatoms. The van der Waals surface area contributed by atoms with Crippen LogP contribution in [0, 0.1) is 0 Å². The van der Waals surface area contributed by atoms with Gasteiger partial charge >= 0.3 is 5.97 Å². The molecular formula is C23H19NO5. The maximum Gasteiger partial charge on any atom is 0.349 e. The van der Waals surface area contributed by atoms with E-state index in [4.69, 9.17) is 9.47 Å². The second kappa shape index (κ2) is 9.32. The fourth-order valence-electron chi connectivity index (χ4n) is 2.60. The number of hydrogen-bond acceptors (Lipinski definition) is 5. The van der Waals surface area contributed by atoms with Gasteiger partial charge in [-0.05, 0) is 36.4 Å². The number of amides is 1. The van der Waals surface area contributed by atoms with Gasteiger partial charge in [0.25, 0.3) is 0 Å². The third-order valence-electron chi connectivity index (χ3n) is 3.90. The van der Waals surface area contributed by atoms with Gasteiger partial charge in [-0.3, -0.25) is 9.59 Å². The van der Waals surface area contributed by atoms with E-state index in [2.05, 4.69) is 5.32 Å². The smallest absolute Gasteiger partial charge is 0.349 e. The summed E-state index contributed by atoms with van der Waals surface area (Å²) >= 11 is 0. The van der Waals surface area contributed by atoms with Crippen molar-refractivity contribution in [1.82, 2.24) is 0 Å². The van der Waals surface area contributed by atoms with Crippen LogP contribution in [0.1, 0.15) is 22.8 Å². The largest absolute Gasteiger partial charge is 0.482 e. The quantitative estimate of drug-likeness (QED) is 0.377. The zero-order valence-corrected chi connectivity index (χ0v) is 15.8. The molecule has 0 saturated carbocycles. The SMILES string of the molecule is CC(=O)Nc1cccc(OC(=O)COc2ccc(C(=O)c3ccccc3)cc2)c1. The zero-order chi connectivity index (χ0) is 20.6. The molecule has 146 valence electrons. The molecule has 0 aliphatic carbocycles. The minimum Gasteiger partial charge on any atom is -0.482 e. The Bertz CT molecular complexity index is 1010. The summed E-state index contributed by atoms with van der Waals surface area (Å²) in [6.07, 6.45) is 0. The first-order chi connectivity index (χ1) is 14.0. The molecule has 0 saturated heterocycles. The summed E-state index contributed by atoms with van der Waals surface area (Å²) in [5.41, 5.74) is 1.66. The number of ketones is 1. The van der Waals surface area contributed by atoms with Gasteiger partial charge in [0.1, 0.15) is 11.5 Å². The molecule has 0 unspecified atom stereocenters. The van der Waals surface area contributed by atoms with Crippen LogP contribution in [-0.2, 0) is 9.59 Å². The number of anilines is 1. The number of carbonyl (C=O) groups excluding carboxylic acids is 3. The molecular weight excluding hydrogens is 370 g/mol. The van der Waals surface area contributed by atoms with Crippen molar-refractivity contribution < 1.29 is 23.9 Å². The van der Waals surface area contributed by atoms with Gasteiger partial charge < -0.3 is 14.8 Å². The monoisotopic (exact) mass is 389 g/mol. The molecule has 29 heavy (non-hydrogen) atoms. The molecule has 3 aromatic rings. The fourth-order valence-corrected chi connectivity index (χ4v) is 2.60.